The first-order chi connectivity index (χ1) is 4.30. The fourth-order valence-corrected chi connectivity index (χ4v) is 1.34. The van der Waals surface area contributed by atoms with Gasteiger partial charge in [0.1, 0.15) is 0 Å². The van der Waals surface area contributed by atoms with Gasteiger partial charge in [0.25, 0.3) is 0 Å². The lowest BCUT2D eigenvalue weighted by atomic mass is 10.4. The van der Waals surface area contributed by atoms with Crippen LogP contribution in [-0.4, -0.2) is 36.2 Å². The number of halogens is 1. The molecule has 1 saturated heterocycles. The van der Waals surface area contributed by atoms with E-state index in [0.717, 1.165) is 26.3 Å². The van der Waals surface area contributed by atoms with Gasteiger partial charge in [0, 0.05) is 13.1 Å². The van der Waals surface area contributed by atoms with E-state index in [-0.39, 0.29) is 0 Å². The van der Waals surface area contributed by atoms with Gasteiger partial charge in [-0.25, -0.2) is 0 Å². The van der Waals surface area contributed by atoms with E-state index in [1.807, 2.05) is 0 Å². The zero-order valence-corrected chi connectivity index (χ0v) is 7.23. The SMILES string of the molecule is CC(Br)N1CCOCC1. The summed E-state index contributed by atoms with van der Waals surface area (Å²) < 4.78 is 5.19. The van der Waals surface area contributed by atoms with Crippen LogP contribution in [0.5, 0.6) is 0 Å². The summed E-state index contributed by atoms with van der Waals surface area (Å²) in [5.41, 5.74) is 0. The van der Waals surface area contributed by atoms with Crippen molar-refractivity contribution in [2.75, 3.05) is 26.3 Å². The predicted octanol–water partition coefficient (Wildman–Crippen LogP) is 1.06. The van der Waals surface area contributed by atoms with Crippen LogP contribution in [0.15, 0.2) is 0 Å². The van der Waals surface area contributed by atoms with Gasteiger partial charge in [0.15, 0.2) is 0 Å². The molecule has 1 aliphatic heterocycles. The standard InChI is InChI=1S/C6H12BrNO/c1-6(7)8-2-4-9-5-3-8/h6H,2-5H2,1H3. The van der Waals surface area contributed by atoms with Crippen molar-refractivity contribution < 1.29 is 4.74 Å². The van der Waals surface area contributed by atoms with Crippen LogP contribution >= 0.6 is 15.9 Å². The van der Waals surface area contributed by atoms with Crippen molar-refractivity contribution in [2.45, 2.75) is 11.9 Å². The molecule has 9 heavy (non-hydrogen) atoms. The molecule has 0 bridgehead atoms. The lowest BCUT2D eigenvalue weighted by Crippen LogP contribution is -2.39. The molecule has 0 aromatic heterocycles. The van der Waals surface area contributed by atoms with E-state index in [1.54, 1.807) is 0 Å². The smallest absolute Gasteiger partial charge is 0.0628 e. The molecule has 1 heterocycles. The minimum atomic E-state index is 0.501. The Bertz CT molecular complexity index is 81.1. The molecular formula is C6H12BrNO. The van der Waals surface area contributed by atoms with Gasteiger partial charge in [-0.2, -0.15) is 0 Å². The second-order valence-electron chi connectivity index (χ2n) is 2.22. The van der Waals surface area contributed by atoms with Crippen LogP contribution in [-0.2, 0) is 4.74 Å². The molecule has 0 radical (unpaired) electrons. The summed E-state index contributed by atoms with van der Waals surface area (Å²) in [5, 5.41) is 0. The van der Waals surface area contributed by atoms with Gasteiger partial charge < -0.3 is 4.74 Å². The van der Waals surface area contributed by atoms with E-state index >= 15 is 0 Å². The van der Waals surface area contributed by atoms with E-state index in [0.29, 0.717) is 4.95 Å². The normalized spacial score (nSPS) is 26.0. The van der Waals surface area contributed by atoms with Gasteiger partial charge in [0.2, 0.25) is 0 Å². The molecule has 1 aliphatic rings. The maximum absolute atomic E-state index is 5.19. The first-order valence-electron chi connectivity index (χ1n) is 3.26. The fourth-order valence-electron chi connectivity index (χ4n) is 0.933. The number of nitrogens with zero attached hydrogens (tertiary/aromatic N) is 1. The van der Waals surface area contributed by atoms with E-state index in [9.17, 15) is 0 Å². The number of hydrogen-bond donors (Lipinski definition) is 0. The van der Waals surface area contributed by atoms with Crippen LogP contribution in [0, 0.1) is 0 Å². The molecule has 2 nitrogen and oxygen atoms in total. The van der Waals surface area contributed by atoms with Crippen molar-refractivity contribution in [3.8, 4) is 0 Å². The molecule has 1 fully saturated rings. The highest BCUT2D eigenvalue weighted by Crippen LogP contribution is 2.07. The maximum Gasteiger partial charge on any atom is 0.0628 e. The summed E-state index contributed by atoms with van der Waals surface area (Å²) >= 11 is 3.51. The number of morpholine rings is 1. The van der Waals surface area contributed by atoms with E-state index in [2.05, 4.69) is 27.8 Å². The second-order valence-corrected chi connectivity index (χ2v) is 3.55. The Labute approximate surface area is 64.3 Å². The average Bonchev–Trinajstić information content (AvgIpc) is 1.90. The molecule has 3 heteroatoms. The highest BCUT2D eigenvalue weighted by atomic mass is 79.9. The zero-order valence-electron chi connectivity index (χ0n) is 5.64. The largest absolute Gasteiger partial charge is 0.379 e. The van der Waals surface area contributed by atoms with Crippen LogP contribution in [0.3, 0.4) is 0 Å². The van der Waals surface area contributed by atoms with Gasteiger partial charge in [-0.05, 0) is 6.92 Å². The molecule has 54 valence electrons. The minimum Gasteiger partial charge on any atom is -0.379 e. The Kier molecular flexibility index (Phi) is 2.95. The van der Waals surface area contributed by atoms with Crippen molar-refractivity contribution in [3.05, 3.63) is 0 Å². The summed E-state index contributed by atoms with van der Waals surface area (Å²) in [6, 6.07) is 0. The second kappa shape index (κ2) is 3.54. The molecule has 1 atom stereocenters. The predicted molar refractivity (Wildman–Crippen MR) is 40.8 cm³/mol. The van der Waals surface area contributed by atoms with E-state index < -0.39 is 0 Å². The van der Waals surface area contributed by atoms with Crippen molar-refractivity contribution in [1.29, 1.82) is 0 Å². The number of rotatable bonds is 1. The topological polar surface area (TPSA) is 12.5 Å². The van der Waals surface area contributed by atoms with E-state index in [4.69, 9.17) is 4.74 Å². The molecule has 1 rings (SSSR count). The third kappa shape index (κ3) is 2.24. The molecule has 0 amide bonds. The lowest BCUT2D eigenvalue weighted by Gasteiger charge is -2.28. The van der Waals surface area contributed by atoms with Gasteiger partial charge in [-0.3, -0.25) is 4.90 Å². The number of hydrogen-bond acceptors (Lipinski definition) is 2. The average molecular weight is 194 g/mol. The highest BCUT2D eigenvalue weighted by Gasteiger charge is 2.13. The van der Waals surface area contributed by atoms with Crippen LogP contribution in [0.25, 0.3) is 0 Å². The third-order valence-electron chi connectivity index (χ3n) is 1.55. The van der Waals surface area contributed by atoms with Crippen LogP contribution in [0.2, 0.25) is 0 Å². The Balaban J connectivity index is 2.23. The van der Waals surface area contributed by atoms with Crippen LogP contribution < -0.4 is 0 Å². The molecule has 0 saturated carbocycles. The Hall–Kier alpha value is 0.400. The molecule has 0 aliphatic carbocycles. The molecule has 1 unspecified atom stereocenters. The monoisotopic (exact) mass is 193 g/mol. The minimum absolute atomic E-state index is 0.501. The fraction of sp³-hybridized carbons (Fsp3) is 1.00. The Morgan fingerprint density at radius 2 is 2.00 bits per heavy atom. The summed E-state index contributed by atoms with van der Waals surface area (Å²) in [4.78, 5) is 2.85. The summed E-state index contributed by atoms with van der Waals surface area (Å²) in [6.07, 6.45) is 0. The van der Waals surface area contributed by atoms with E-state index in [1.165, 1.54) is 0 Å². The van der Waals surface area contributed by atoms with Gasteiger partial charge >= 0.3 is 0 Å². The third-order valence-corrected chi connectivity index (χ3v) is 2.13. The van der Waals surface area contributed by atoms with Gasteiger partial charge in [-0.15, -0.1) is 0 Å². The summed E-state index contributed by atoms with van der Waals surface area (Å²) in [7, 11) is 0. The van der Waals surface area contributed by atoms with Crippen LogP contribution in [0.1, 0.15) is 6.92 Å². The Morgan fingerprint density at radius 1 is 1.44 bits per heavy atom. The number of alkyl halides is 1. The first kappa shape index (κ1) is 7.51. The van der Waals surface area contributed by atoms with Crippen molar-refractivity contribution >= 4 is 15.9 Å². The van der Waals surface area contributed by atoms with Crippen molar-refractivity contribution in [1.82, 2.24) is 4.90 Å². The molecule has 0 spiro atoms. The molecule has 0 aromatic carbocycles. The van der Waals surface area contributed by atoms with Gasteiger partial charge in [0.05, 0.1) is 18.2 Å². The number of ether oxygens (including phenoxy) is 1. The van der Waals surface area contributed by atoms with Crippen molar-refractivity contribution in [2.24, 2.45) is 0 Å². The summed E-state index contributed by atoms with van der Waals surface area (Å²) in [6.45, 7) is 6.04. The zero-order chi connectivity index (χ0) is 6.69. The van der Waals surface area contributed by atoms with Crippen LogP contribution in [0.4, 0.5) is 0 Å². The first-order valence-corrected chi connectivity index (χ1v) is 4.18. The molecular weight excluding hydrogens is 182 g/mol. The Morgan fingerprint density at radius 3 is 2.33 bits per heavy atom. The molecule has 0 aromatic rings. The van der Waals surface area contributed by atoms with Gasteiger partial charge in [-0.1, -0.05) is 15.9 Å². The van der Waals surface area contributed by atoms with Crippen molar-refractivity contribution in [3.63, 3.8) is 0 Å². The summed E-state index contributed by atoms with van der Waals surface area (Å²) in [5.74, 6) is 0. The lowest BCUT2D eigenvalue weighted by molar-refractivity contribution is 0.0361. The molecule has 0 N–H and O–H groups in total. The quantitative estimate of drug-likeness (QED) is 0.457. The highest BCUT2D eigenvalue weighted by molar-refractivity contribution is 9.09. The maximum atomic E-state index is 5.19.